The van der Waals surface area contributed by atoms with Crippen molar-refractivity contribution in [2.24, 2.45) is 0 Å². The van der Waals surface area contributed by atoms with Crippen LogP contribution in [0.15, 0.2) is 23.5 Å². The van der Waals surface area contributed by atoms with Crippen LogP contribution in [-0.2, 0) is 23.0 Å². The van der Waals surface area contributed by atoms with Crippen LogP contribution in [0.4, 0.5) is 13.2 Å². The van der Waals surface area contributed by atoms with Gasteiger partial charge in [-0.25, -0.2) is 9.44 Å². The summed E-state index contributed by atoms with van der Waals surface area (Å²) in [5, 5.41) is 5.69. The van der Waals surface area contributed by atoms with Gasteiger partial charge in [0.25, 0.3) is 0 Å². The molecule has 7 nitrogen and oxygen atoms in total. The molecule has 178 valence electrons. The zero-order valence-electron chi connectivity index (χ0n) is 17.5. The lowest BCUT2D eigenvalue weighted by atomic mass is 9.86. The molecule has 1 aliphatic rings. The summed E-state index contributed by atoms with van der Waals surface area (Å²) in [4.78, 5) is 8.49. The smallest absolute Gasteiger partial charge is 0.355 e. The highest BCUT2D eigenvalue weighted by Crippen LogP contribution is 2.41. The lowest BCUT2D eigenvalue weighted by Gasteiger charge is -2.19. The number of hydrogen-bond acceptors (Lipinski definition) is 7. The fourth-order valence-corrected chi connectivity index (χ4v) is 6.52. The molecule has 0 saturated carbocycles. The van der Waals surface area contributed by atoms with E-state index in [9.17, 15) is 21.6 Å². The van der Waals surface area contributed by atoms with E-state index in [2.05, 4.69) is 47.4 Å². The van der Waals surface area contributed by atoms with Gasteiger partial charge in [-0.2, -0.15) is 31.7 Å². The van der Waals surface area contributed by atoms with Gasteiger partial charge < -0.3 is 4.18 Å². The molecule has 14 heteroatoms. The maximum atomic E-state index is 13.0. The van der Waals surface area contributed by atoms with Gasteiger partial charge in [0, 0.05) is 10.9 Å². The molecule has 0 aliphatic heterocycles. The molecule has 0 amide bonds. The summed E-state index contributed by atoms with van der Waals surface area (Å²) in [7, 11) is -5.83. The van der Waals surface area contributed by atoms with Crippen LogP contribution < -0.4 is 4.18 Å². The van der Waals surface area contributed by atoms with Crippen LogP contribution in [0, 0.1) is 6.92 Å². The Hall–Kier alpha value is -1.18. The second-order valence-electron chi connectivity index (χ2n) is 7.59. The Balaban J connectivity index is 1.80. The standard InChI is InChI=1S/C19H19F3IN4O3PS2/c1-10-6-7-15-13(9-24-27(15)31-23)16(10)11-4-3-5-12-14(8-11)25-18(32-2)26-17(12)30-33(28,29)19(20,21)22/h6-7,9,11,31H,3-5,8H2,1-2H3. The van der Waals surface area contributed by atoms with Crippen molar-refractivity contribution in [2.45, 2.75) is 49.2 Å². The van der Waals surface area contributed by atoms with E-state index in [-0.39, 0.29) is 11.1 Å². The predicted molar refractivity (Wildman–Crippen MR) is 131 cm³/mol. The van der Waals surface area contributed by atoms with Crippen molar-refractivity contribution in [2.75, 3.05) is 6.26 Å². The summed E-state index contributed by atoms with van der Waals surface area (Å²) in [6.07, 6.45) is 6.12. The molecular weight excluding hydrogens is 611 g/mol. The zero-order valence-corrected chi connectivity index (χ0v) is 22.3. The highest BCUT2D eigenvalue weighted by molar-refractivity contribution is 14.2. The Morgan fingerprint density at radius 1 is 1.30 bits per heavy atom. The van der Waals surface area contributed by atoms with Gasteiger partial charge in [0.2, 0.25) is 5.88 Å². The van der Waals surface area contributed by atoms with Gasteiger partial charge in [0.1, 0.15) is 0 Å². The Labute approximate surface area is 207 Å². The predicted octanol–water partition coefficient (Wildman–Crippen LogP) is 5.54. The molecule has 1 aliphatic carbocycles. The SMILES string of the molecule is CSc1nc2c(c(OS(=O)(=O)C(F)(F)F)n1)CCCC(c1c(C)ccc3c1cnn3PI)C2. The van der Waals surface area contributed by atoms with Gasteiger partial charge in [-0.3, -0.25) is 0 Å². The highest BCUT2D eigenvalue weighted by Gasteiger charge is 2.49. The van der Waals surface area contributed by atoms with E-state index in [4.69, 9.17) is 0 Å². The van der Waals surface area contributed by atoms with Crippen molar-refractivity contribution >= 4 is 61.2 Å². The van der Waals surface area contributed by atoms with Crippen molar-refractivity contribution in [3.63, 3.8) is 0 Å². The van der Waals surface area contributed by atoms with Gasteiger partial charge in [-0.05, 0) is 84.0 Å². The van der Waals surface area contributed by atoms with Gasteiger partial charge in [0.05, 0.1) is 23.8 Å². The van der Waals surface area contributed by atoms with Gasteiger partial charge in [0.15, 0.2) is 5.16 Å². The number of aryl methyl sites for hydroxylation is 1. The number of rotatable bonds is 5. The molecule has 0 bridgehead atoms. The third-order valence-corrected chi connectivity index (χ3v) is 8.99. The number of thioether (sulfide) groups is 1. The molecule has 2 aromatic heterocycles. The number of aromatic nitrogens is 4. The quantitative estimate of drug-likeness (QED) is 0.0697. The van der Waals surface area contributed by atoms with Crippen LogP contribution in [0.2, 0.25) is 0 Å². The number of nitrogens with zero attached hydrogens (tertiary/aromatic N) is 4. The largest absolute Gasteiger partial charge is 0.534 e. The first kappa shape index (κ1) is 24.9. The van der Waals surface area contributed by atoms with Crippen LogP contribution in [0.5, 0.6) is 5.88 Å². The van der Waals surface area contributed by atoms with Gasteiger partial charge in [-0.15, -0.1) is 0 Å². The van der Waals surface area contributed by atoms with E-state index in [1.807, 2.05) is 23.6 Å². The molecule has 2 unspecified atom stereocenters. The Morgan fingerprint density at radius 3 is 2.73 bits per heavy atom. The molecule has 0 fully saturated rings. The van der Waals surface area contributed by atoms with E-state index in [0.29, 0.717) is 36.9 Å². The molecular formula is C19H19F3IN4O3PS2. The Morgan fingerprint density at radius 2 is 2.06 bits per heavy atom. The molecule has 2 heterocycles. The average molecular weight is 630 g/mol. The van der Waals surface area contributed by atoms with Crippen molar-refractivity contribution in [1.29, 1.82) is 0 Å². The average Bonchev–Trinajstić information content (AvgIpc) is 3.04. The topological polar surface area (TPSA) is 87.0 Å². The van der Waals surface area contributed by atoms with E-state index in [1.165, 1.54) is 0 Å². The number of fused-ring (bicyclic) bond motifs is 2. The normalized spacial score (nSPS) is 17.5. The molecule has 1 aromatic carbocycles. The molecule has 2 atom stereocenters. The fourth-order valence-electron chi connectivity index (χ4n) is 4.17. The second kappa shape index (κ2) is 9.46. The van der Waals surface area contributed by atoms with Crippen molar-refractivity contribution in [3.05, 3.63) is 40.7 Å². The molecule has 0 radical (unpaired) electrons. The molecule has 3 aromatic rings. The first-order chi connectivity index (χ1) is 15.6. The van der Waals surface area contributed by atoms with Crippen LogP contribution in [0.3, 0.4) is 0 Å². The number of halogens is 4. The van der Waals surface area contributed by atoms with Crippen molar-refractivity contribution in [3.8, 4) is 5.88 Å². The minimum Gasteiger partial charge on any atom is -0.355 e. The van der Waals surface area contributed by atoms with Crippen LogP contribution in [-0.4, -0.2) is 39.7 Å². The Bertz CT molecular complexity index is 1320. The minimum absolute atomic E-state index is 0.0434. The summed E-state index contributed by atoms with van der Waals surface area (Å²) in [5.41, 5.74) is -1.44. The monoisotopic (exact) mass is 630 g/mol. The summed E-state index contributed by atoms with van der Waals surface area (Å²) in [6.45, 7) is 2.03. The number of alkyl halides is 3. The minimum atomic E-state index is -5.83. The summed E-state index contributed by atoms with van der Waals surface area (Å²) < 4.78 is 68.6. The number of hydrogen-bond donors (Lipinski definition) is 0. The summed E-state index contributed by atoms with van der Waals surface area (Å²) in [6, 6.07) is 4.09. The maximum Gasteiger partial charge on any atom is 0.534 e. The van der Waals surface area contributed by atoms with E-state index < -0.39 is 21.5 Å². The third kappa shape index (κ3) is 4.83. The maximum absolute atomic E-state index is 13.0. The van der Waals surface area contributed by atoms with Crippen LogP contribution in [0.1, 0.15) is 41.1 Å². The van der Waals surface area contributed by atoms with Crippen molar-refractivity contribution in [1.82, 2.24) is 19.5 Å². The molecule has 33 heavy (non-hydrogen) atoms. The van der Waals surface area contributed by atoms with Gasteiger partial charge in [-0.1, -0.05) is 17.8 Å². The summed E-state index contributed by atoms with van der Waals surface area (Å²) >= 11 is 3.39. The Kier molecular flexibility index (Phi) is 7.15. The van der Waals surface area contributed by atoms with Gasteiger partial charge >= 0.3 is 15.6 Å². The highest BCUT2D eigenvalue weighted by atomic mass is 127. The van der Waals surface area contributed by atoms with Crippen LogP contribution >= 0.6 is 40.2 Å². The first-order valence-corrected chi connectivity index (χ1v) is 16.5. The fraction of sp³-hybridized carbons (Fsp3) is 0.421. The molecule has 0 saturated heterocycles. The molecule has 4 rings (SSSR count). The lowest BCUT2D eigenvalue weighted by molar-refractivity contribution is -0.0501. The second-order valence-corrected chi connectivity index (χ2v) is 11.9. The third-order valence-electron chi connectivity index (χ3n) is 5.61. The van der Waals surface area contributed by atoms with E-state index >= 15 is 0 Å². The summed E-state index contributed by atoms with van der Waals surface area (Å²) in [5.74, 6) is -0.488. The van der Waals surface area contributed by atoms with Crippen molar-refractivity contribution < 1.29 is 25.8 Å². The first-order valence-electron chi connectivity index (χ1n) is 9.84. The van der Waals surface area contributed by atoms with E-state index in [0.717, 1.165) is 40.2 Å². The molecule has 0 spiro atoms. The lowest BCUT2D eigenvalue weighted by Crippen LogP contribution is -2.29. The number of benzene rings is 1. The van der Waals surface area contributed by atoms with E-state index in [1.54, 1.807) is 6.26 Å². The molecule has 0 N–H and O–H groups in total. The van der Waals surface area contributed by atoms with Crippen LogP contribution in [0.25, 0.3) is 10.9 Å². The zero-order chi connectivity index (χ0) is 24.0.